The number of carbonyl (C=O) groups is 2. The van der Waals surface area contributed by atoms with Crippen molar-refractivity contribution >= 4 is 17.5 Å². The molecule has 0 radical (unpaired) electrons. The molecule has 0 aliphatic rings. The fourth-order valence-corrected chi connectivity index (χ4v) is 2.76. The molecule has 2 aromatic rings. The summed E-state index contributed by atoms with van der Waals surface area (Å²) in [7, 11) is 4.69. The van der Waals surface area contributed by atoms with Crippen LogP contribution in [0.25, 0.3) is 0 Å². The van der Waals surface area contributed by atoms with Crippen LogP contribution in [0.5, 0.6) is 17.2 Å². The fourth-order valence-electron chi connectivity index (χ4n) is 2.76. The van der Waals surface area contributed by atoms with Crippen molar-refractivity contribution in [2.24, 2.45) is 0 Å². The van der Waals surface area contributed by atoms with Gasteiger partial charge in [-0.1, -0.05) is 18.2 Å². The molecule has 0 aliphatic heterocycles. The summed E-state index contributed by atoms with van der Waals surface area (Å²) in [5, 5.41) is 2.78. The van der Waals surface area contributed by atoms with Gasteiger partial charge in [0.25, 0.3) is 0 Å². The van der Waals surface area contributed by atoms with E-state index in [9.17, 15) is 9.59 Å². The van der Waals surface area contributed by atoms with Crippen LogP contribution in [0, 0.1) is 0 Å². The Morgan fingerprint density at radius 2 is 1.61 bits per heavy atom. The predicted molar refractivity (Wildman–Crippen MR) is 107 cm³/mol. The molecule has 0 unspecified atom stereocenters. The number of para-hydroxylation sites is 2. The molecule has 0 heterocycles. The van der Waals surface area contributed by atoms with Crippen molar-refractivity contribution in [3.63, 3.8) is 0 Å². The van der Waals surface area contributed by atoms with Crippen molar-refractivity contribution in [1.82, 2.24) is 4.90 Å². The van der Waals surface area contributed by atoms with Crippen LogP contribution in [0.1, 0.15) is 12.5 Å². The maximum absolute atomic E-state index is 12.4. The minimum absolute atomic E-state index is 0.0410. The maximum Gasteiger partial charge on any atom is 0.244 e. The third-order valence-corrected chi connectivity index (χ3v) is 4.28. The van der Waals surface area contributed by atoms with Gasteiger partial charge in [-0.2, -0.15) is 0 Å². The van der Waals surface area contributed by atoms with E-state index in [0.29, 0.717) is 35.9 Å². The number of nitrogens with zero attached hydrogens (tertiary/aromatic N) is 1. The van der Waals surface area contributed by atoms with E-state index in [4.69, 9.17) is 14.2 Å². The largest absolute Gasteiger partial charge is 0.495 e. The molecule has 0 atom stereocenters. The van der Waals surface area contributed by atoms with Gasteiger partial charge < -0.3 is 24.4 Å². The maximum atomic E-state index is 12.4. The quantitative estimate of drug-likeness (QED) is 0.717. The lowest BCUT2D eigenvalue weighted by Crippen LogP contribution is -2.38. The Labute approximate surface area is 165 Å². The Hall–Kier alpha value is -3.22. The van der Waals surface area contributed by atoms with Crippen LogP contribution < -0.4 is 19.5 Å². The molecule has 28 heavy (non-hydrogen) atoms. The second-order valence-electron chi connectivity index (χ2n) is 6.13. The zero-order valence-corrected chi connectivity index (χ0v) is 16.7. The molecule has 150 valence electrons. The highest BCUT2D eigenvalue weighted by Crippen LogP contribution is 2.27. The van der Waals surface area contributed by atoms with Crippen LogP contribution in [-0.2, 0) is 16.0 Å². The van der Waals surface area contributed by atoms with Crippen molar-refractivity contribution in [2.45, 2.75) is 13.3 Å². The minimum Gasteiger partial charge on any atom is -0.495 e. The lowest BCUT2D eigenvalue weighted by atomic mass is 10.1. The molecule has 0 aliphatic carbocycles. The number of rotatable bonds is 9. The highest BCUT2D eigenvalue weighted by atomic mass is 16.5. The standard InChI is InChI=1S/C21H26N2O5/c1-15(24)23(12-11-16-9-10-19(27-3)20(13-16)28-4)14-21(25)22-17-7-5-6-8-18(17)26-2/h5-10,13H,11-12,14H2,1-4H3,(H,22,25). The lowest BCUT2D eigenvalue weighted by molar-refractivity contribution is -0.132. The van der Waals surface area contributed by atoms with E-state index >= 15 is 0 Å². The Morgan fingerprint density at radius 1 is 0.929 bits per heavy atom. The summed E-state index contributed by atoms with van der Waals surface area (Å²) in [6, 6.07) is 12.7. The molecule has 0 spiro atoms. The Kier molecular flexibility index (Phi) is 7.68. The molecular formula is C21H26N2O5. The van der Waals surface area contributed by atoms with Gasteiger partial charge in [-0.15, -0.1) is 0 Å². The number of carbonyl (C=O) groups excluding carboxylic acids is 2. The monoisotopic (exact) mass is 386 g/mol. The van der Waals surface area contributed by atoms with Crippen LogP contribution >= 0.6 is 0 Å². The summed E-state index contributed by atoms with van der Waals surface area (Å²) >= 11 is 0. The third kappa shape index (κ3) is 5.64. The zero-order chi connectivity index (χ0) is 20.5. The van der Waals surface area contributed by atoms with Crippen molar-refractivity contribution in [1.29, 1.82) is 0 Å². The molecule has 7 heteroatoms. The van der Waals surface area contributed by atoms with Crippen LogP contribution in [0.2, 0.25) is 0 Å². The number of hydrogen-bond donors (Lipinski definition) is 1. The third-order valence-electron chi connectivity index (χ3n) is 4.28. The average molecular weight is 386 g/mol. The molecule has 0 saturated heterocycles. The Balaban J connectivity index is 2.00. The van der Waals surface area contributed by atoms with Gasteiger partial charge >= 0.3 is 0 Å². The number of ether oxygens (including phenoxy) is 3. The van der Waals surface area contributed by atoms with E-state index in [1.807, 2.05) is 24.3 Å². The van der Waals surface area contributed by atoms with Crippen LogP contribution in [-0.4, -0.2) is 51.1 Å². The smallest absolute Gasteiger partial charge is 0.244 e. The van der Waals surface area contributed by atoms with Gasteiger partial charge in [-0.05, 0) is 36.2 Å². The SMILES string of the molecule is COc1ccccc1NC(=O)CN(CCc1ccc(OC)c(OC)c1)C(C)=O. The van der Waals surface area contributed by atoms with E-state index in [1.54, 1.807) is 32.4 Å². The Morgan fingerprint density at radius 3 is 2.25 bits per heavy atom. The number of anilines is 1. The van der Waals surface area contributed by atoms with E-state index in [0.717, 1.165) is 5.56 Å². The van der Waals surface area contributed by atoms with Crippen molar-refractivity contribution in [3.8, 4) is 17.2 Å². The van der Waals surface area contributed by atoms with Gasteiger partial charge in [0.15, 0.2) is 11.5 Å². The van der Waals surface area contributed by atoms with Crippen LogP contribution in [0.3, 0.4) is 0 Å². The number of amides is 2. The number of methoxy groups -OCH3 is 3. The van der Waals surface area contributed by atoms with E-state index in [2.05, 4.69) is 5.32 Å². The number of hydrogen-bond acceptors (Lipinski definition) is 5. The van der Waals surface area contributed by atoms with Gasteiger partial charge in [0.05, 0.1) is 33.6 Å². The first-order valence-electron chi connectivity index (χ1n) is 8.87. The predicted octanol–water partition coefficient (Wildman–Crippen LogP) is 2.74. The summed E-state index contributed by atoms with van der Waals surface area (Å²) in [5.74, 6) is 1.38. The molecule has 0 saturated carbocycles. The number of nitrogens with one attached hydrogen (secondary N) is 1. The first-order chi connectivity index (χ1) is 13.5. The Bertz CT molecular complexity index is 822. The van der Waals surface area contributed by atoms with E-state index in [-0.39, 0.29) is 18.4 Å². The van der Waals surface area contributed by atoms with E-state index < -0.39 is 0 Å². The molecule has 0 bridgehead atoms. The van der Waals surface area contributed by atoms with Crippen LogP contribution in [0.15, 0.2) is 42.5 Å². The lowest BCUT2D eigenvalue weighted by Gasteiger charge is -2.21. The summed E-state index contributed by atoms with van der Waals surface area (Å²) in [6.07, 6.45) is 0.585. The van der Waals surface area contributed by atoms with E-state index in [1.165, 1.54) is 18.9 Å². The average Bonchev–Trinajstić information content (AvgIpc) is 2.70. The molecule has 2 rings (SSSR count). The highest BCUT2D eigenvalue weighted by molar-refractivity contribution is 5.95. The van der Waals surface area contributed by atoms with Crippen LogP contribution in [0.4, 0.5) is 5.69 Å². The van der Waals surface area contributed by atoms with Crippen molar-refractivity contribution in [2.75, 3.05) is 39.7 Å². The first kappa shape index (κ1) is 21.1. The molecule has 2 amide bonds. The zero-order valence-electron chi connectivity index (χ0n) is 16.7. The summed E-state index contributed by atoms with van der Waals surface area (Å²) in [6.45, 7) is 1.82. The normalized spacial score (nSPS) is 10.1. The first-order valence-corrected chi connectivity index (χ1v) is 8.87. The van der Waals surface area contributed by atoms with Gasteiger partial charge in [0.1, 0.15) is 5.75 Å². The summed E-state index contributed by atoms with van der Waals surface area (Å²) in [5.41, 5.74) is 1.55. The minimum atomic E-state index is -0.285. The number of benzene rings is 2. The van der Waals surface area contributed by atoms with Gasteiger partial charge in [-0.3, -0.25) is 9.59 Å². The van der Waals surface area contributed by atoms with Crippen molar-refractivity contribution in [3.05, 3.63) is 48.0 Å². The molecular weight excluding hydrogens is 360 g/mol. The van der Waals surface area contributed by atoms with Gasteiger partial charge in [-0.25, -0.2) is 0 Å². The fraction of sp³-hybridized carbons (Fsp3) is 0.333. The van der Waals surface area contributed by atoms with Crippen molar-refractivity contribution < 1.29 is 23.8 Å². The molecule has 2 aromatic carbocycles. The second-order valence-corrected chi connectivity index (χ2v) is 6.13. The molecule has 0 fully saturated rings. The molecule has 1 N–H and O–H groups in total. The molecule has 0 aromatic heterocycles. The highest BCUT2D eigenvalue weighted by Gasteiger charge is 2.15. The van der Waals surface area contributed by atoms with Gasteiger partial charge in [0, 0.05) is 13.5 Å². The summed E-state index contributed by atoms with van der Waals surface area (Å²) < 4.78 is 15.8. The topological polar surface area (TPSA) is 77.1 Å². The molecule has 7 nitrogen and oxygen atoms in total. The second kappa shape index (κ2) is 10.2. The summed E-state index contributed by atoms with van der Waals surface area (Å²) in [4.78, 5) is 25.9. The van der Waals surface area contributed by atoms with Gasteiger partial charge in [0.2, 0.25) is 11.8 Å².